The van der Waals surface area contributed by atoms with Crippen LogP contribution in [0.4, 0.5) is 0 Å². The van der Waals surface area contributed by atoms with Gasteiger partial charge >= 0.3 is 0 Å². The summed E-state index contributed by atoms with van der Waals surface area (Å²) in [4.78, 5) is 29.4. The van der Waals surface area contributed by atoms with E-state index in [4.69, 9.17) is 4.74 Å². The SMILES string of the molecule is Cc1ccc(C(=O)N2CC[C@]3(CC[C@@H](C(=O)N4CCCC4)O3)[C@H](C)C2)cc1. The molecule has 146 valence electrons. The van der Waals surface area contributed by atoms with E-state index in [2.05, 4.69) is 6.92 Å². The number of hydrogen-bond donors (Lipinski definition) is 0. The van der Waals surface area contributed by atoms with E-state index in [9.17, 15) is 9.59 Å². The summed E-state index contributed by atoms with van der Waals surface area (Å²) in [6.07, 6.45) is 4.48. The first-order chi connectivity index (χ1) is 13.0. The molecule has 5 nitrogen and oxygen atoms in total. The van der Waals surface area contributed by atoms with E-state index in [1.54, 1.807) is 0 Å². The summed E-state index contributed by atoms with van der Waals surface area (Å²) in [6.45, 7) is 7.33. The minimum absolute atomic E-state index is 0.0967. The lowest BCUT2D eigenvalue weighted by molar-refractivity contribution is -0.154. The Bertz CT molecular complexity index is 711. The maximum atomic E-state index is 12.8. The number of nitrogens with zero attached hydrogens (tertiary/aromatic N) is 2. The van der Waals surface area contributed by atoms with E-state index in [0.29, 0.717) is 13.1 Å². The molecule has 3 heterocycles. The Kier molecular flexibility index (Phi) is 4.97. The van der Waals surface area contributed by atoms with Crippen LogP contribution in [0.1, 0.15) is 54.9 Å². The fraction of sp³-hybridized carbons (Fsp3) is 0.636. The van der Waals surface area contributed by atoms with Crippen LogP contribution in [-0.4, -0.2) is 59.5 Å². The Morgan fingerprint density at radius 3 is 2.41 bits per heavy atom. The minimum Gasteiger partial charge on any atom is -0.362 e. The second-order valence-corrected chi connectivity index (χ2v) is 8.51. The molecular weight excluding hydrogens is 340 g/mol. The van der Waals surface area contributed by atoms with Gasteiger partial charge in [0.2, 0.25) is 0 Å². The van der Waals surface area contributed by atoms with Gasteiger partial charge in [-0.3, -0.25) is 9.59 Å². The van der Waals surface area contributed by atoms with Crippen molar-refractivity contribution in [3.63, 3.8) is 0 Å². The fourth-order valence-electron chi connectivity index (χ4n) is 4.86. The van der Waals surface area contributed by atoms with Crippen LogP contribution < -0.4 is 0 Å². The van der Waals surface area contributed by atoms with Gasteiger partial charge in [0.05, 0.1) is 5.60 Å². The van der Waals surface area contributed by atoms with E-state index in [-0.39, 0.29) is 29.4 Å². The van der Waals surface area contributed by atoms with Gasteiger partial charge in [0, 0.05) is 37.7 Å². The van der Waals surface area contributed by atoms with Crippen LogP contribution in [0.2, 0.25) is 0 Å². The van der Waals surface area contributed by atoms with E-state index < -0.39 is 0 Å². The summed E-state index contributed by atoms with van der Waals surface area (Å²) >= 11 is 0. The van der Waals surface area contributed by atoms with E-state index in [1.165, 1.54) is 0 Å². The van der Waals surface area contributed by atoms with Crippen LogP contribution in [0.25, 0.3) is 0 Å². The van der Waals surface area contributed by atoms with Crippen molar-refractivity contribution in [3.8, 4) is 0 Å². The third-order valence-corrected chi connectivity index (χ3v) is 6.68. The van der Waals surface area contributed by atoms with Gasteiger partial charge in [-0.1, -0.05) is 24.6 Å². The molecule has 0 saturated carbocycles. The summed E-state index contributed by atoms with van der Waals surface area (Å²) in [7, 11) is 0. The molecule has 0 radical (unpaired) electrons. The molecule has 5 heteroatoms. The van der Waals surface area contributed by atoms with Gasteiger partial charge < -0.3 is 14.5 Å². The van der Waals surface area contributed by atoms with Crippen molar-refractivity contribution in [1.29, 1.82) is 0 Å². The van der Waals surface area contributed by atoms with Crippen LogP contribution in [0.5, 0.6) is 0 Å². The molecule has 1 spiro atoms. The molecular formula is C22H30N2O3. The normalized spacial score (nSPS) is 30.9. The van der Waals surface area contributed by atoms with Crippen LogP contribution in [-0.2, 0) is 9.53 Å². The van der Waals surface area contributed by atoms with Gasteiger partial charge in [0.25, 0.3) is 11.8 Å². The van der Waals surface area contributed by atoms with Crippen molar-refractivity contribution in [3.05, 3.63) is 35.4 Å². The molecule has 0 aliphatic carbocycles. The smallest absolute Gasteiger partial charge is 0.253 e. The predicted molar refractivity (Wildman–Crippen MR) is 104 cm³/mol. The van der Waals surface area contributed by atoms with Crippen molar-refractivity contribution in [2.24, 2.45) is 5.92 Å². The van der Waals surface area contributed by atoms with Crippen LogP contribution in [0.15, 0.2) is 24.3 Å². The Balaban J connectivity index is 1.39. The molecule has 3 aliphatic rings. The lowest BCUT2D eigenvalue weighted by Gasteiger charge is -2.44. The molecule has 2 amide bonds. The van der Waals surface area contributed by atoms with Crippen molar-refractivity contribution in [2.45, 2.75) is 57.7 Å². The van der Waals surface area contributed by atoms with E-state index in [0.717, 1.165) is 56.3 Å². The van der Waals surface area contributed by atoms with Gasteiger partial charge in [0.1, 0.15) is 6.10 Å². The monoisotopic (exact) mass is 370 g/mol. The second-order valence-electron chi connectivity index (χ2n) is 8.51. The minimum atomic E-state index is -0.287. The average Bonchev–Trinajstić information content (AvgIpc) is 3.35. The molecule has 0 N–H and O–H groups in total. The summed E-state index contributed by atoms with van der Waals surface area (Å²) in [6, 6.07) is 7.78. The second kappa shape index (κ2) is 7.27. The molecule has 0 unspecified atom stereocenters. The topological polar surface area (TPSA) is 49.9 Å². The number of benzene rings is 1. The first-order valence-electron chi connectivity index (χ1n) is 10.3. The number of carbonyl (C=O) groups excluding carboxylic acids is 2. The molecule has 3 fully saturated rings. The van der Waals surface area contributed by atoms with Crippen molar-refractivity contribution < 1.29 is 14.3 Å². The molecule has 3 aliphatic heterocycles. The molecule has 3 atom stereocenters. The molecule has 27 heavy (non-hydrogen) atoms. The number of piperidine rings is 1. The number of rotatable bonds is 2. The summed E-state index contributed by atoms with van der Waals surface area (Å²) in [5.74, 6) is 0.506. The number of amides is 2. The molecule has 3 saturated heterocycles. The summed E-state index contributed by atoms with van der Waals surface area (Å²) in [5, 5.41) is 0. The maximum Gasteiger partial charge on any atom is 0.253 e. The highest BCUT2D eigenvalue weighted by Crippen LogP contribution is 2.43. The largest absolute Gasteiger partial charge is 0.362 e. The Labute approximate surface area is 161 Å². The molecule has 1 aromatic rings. The highest BCUT2D eigenvalue weighted by Gasteiger charge is 2.50. The Morgan fingerprint density at radius 2 is 1.74 bits per heavy atom. The zero-order valence-corrected chi connectivity index (χ0v) is 16.4. The highest BCUT2D eigenvalue weighted by molar-refractivity contribution is 5.94. The number of ether oxygens (including phenoxy) is 1. The van der Waals surface area contributed by atoms with Gasteiger partial charge in [-0.05, 0) is 51.2 Å². The lowest BCUT2D eigenvalue weighted by atomic mass is 9.80. The first kappa shape index (κ1) is 18.5. The van der Waals surface area contributed by atoms with Gasteiger partial charge in [0.15, 0.2) is 0 Å². The first-order valence-corrected chi connectivity index (χ1v) is 10.3. The number of aryl methyl sites for hydroxylation is 1. The van der Waals surface area contributed by atoms with Gasteiger partial charge in [-0.25, -0.2) is 0 Å². The highest BCUT2D eigenvalue weighted by atomic mass is 16.5. The molecule has 4 rings (SSSR count). The average molecular weight is 370 g/mol. The van der Waals surface area contributed by atoms with Crippen LogP contribution in [0, 0.1) is 12.8 Å². The number of likely N-dealkylation sites (tertiary alicyclic amines) is 2. The quantitative estimate of drug-likeness (QED) is 0.804. The zero-order chi connectivity index (χ0) is 19.0. The van der Waals surface area contributed by atoms with Crippen molar-refractivity contribution >= 4 is 11.8 Å². The van der Waals surface area contributed by atoms with E-state index >= 15 is 0 Å². The van der Waals surface area contributed by atoms with Gasteiger partial charge in [-0.2, -0.15) is 0 Å². The standard InChI is InChI=1S/C22H30N2O3/c1-16-5-7-18(8-6-16)20(25)24-14-11-22(17(2)15-24)10-9-19(27-22)21(26)23-12-3-4-13-23/h5-8,17,19H,3-4,9-15H2,1-2H3/t17-,19+,22-/m1/s1. The fourth-order valence-corrected chi connectivity index (χ4v) is 4.86. The molecule has 1 aromatic carbocycles. The number of carbonyl (C=O) groups is 2. The molecule has 0 aromatic heterocycles. The maximum absolute atomic E-state index is 12.8. The lowest BCUT2D eigenvalue weighted by Crippen LogP contribution is -2.53. The summed E-state index contributed by atoms with van der Waals surface area (Å²) < 4.78 is 6.40. The van der Waals surface area contributed by atoms with E-state index in [1.807, 2.05) is 41.0 Å². The zero-order valence-electron chi connectivity index (χ0n) is 16.4. The third-order valence-electron chi connectivity index (χ3n) is 6.68. The Morgan fingerprint density at radius 1 is 1.04 bits per heavy atom. The molecule has 0 bridgehead atoms. The Hall–Kier alpha value is -1.88. The predicted octanol–water partition coefficient (Wildman–Crippen LogP) is 3.02. The van der Waals surface area contributed by atoms with Crippen LogP contribution in [0.3, 0.4) is 0 Å². The summed E-state index contributed by atoms with van der Waals surface area (Å²) in [5.41, 5.74) is 1.66. The van der Waals surface area contributed by atoms with Crippen molar-refractivity contribution in [2.75, 3.05) is 26.2 Å². The number of hydrogen-bond acceptors (Lipinski definition) is 3. The van der Waals surface area contributed by atoms with Crippen molar-refractivity contribution in [1.82, 2.24) is 9.80 Å². The van der Waals surface area contributed by atoms with Gasteiger partial charge in [-0.15, -0.1) is 0 Å². The third kappa shape index (κ3) is 3.49. The van der Waals surface area contributed by atoms with Crippen LogP contribution >= 0.6 is 0 Å².